The number of fused-ring (bicyclic) bond motifs is 1. The number of nitrogens with zero attached hydrogens (tertiary/aromatic N) is 4. The first-order valence-corrected chi connectivity index (χ1v) is 9.73. The summed E-state index contributed by atoms with van der Waals surface area (Å²) in [4.78, 5) is 16.7. The molecule has 0 saturated carbocycles. The second kappa shape index (κ2) is 7.34. The van der Waals surface area contributed by atoms with Crippen molar-refractivity contribution in [1.29, 1.82) is 0 Å². The van der Waals surface area contributed by atoms with Gasteiger partial charge in [-0.1, -0.05) is 0 Å². The molecule has 7 heteroatoms. The van der Waals surface area contributed by atoms with Gasteiger partial charge in [0.15, 0.2) is 0 Å². The number of morpholine rings is 1. The van der Waals surface area contributed by atoms with Crippen molar-refractivity contribution in [3.63, 3.8) is 0 Å². The molecule has 1 aliphatic rings. The van der Waals surface area contributed by atoms with Crippen LogP contribution < -0.4 is 4.90 Å². The van der Waals surface area contributed by atoms with Gasteiger partial charge in [-0.2, -0.15) is 0 Å². The number of aryl methyl sites for hydroxylation is 2. The first kappa shape index (κ1) is 17.5. The van der Waals surface area contributed by atoms with Crippen molar-refractivity contribution < 1.29 is 9.15 Å². The smallest absolute Gasteiger partial charge is 0.146 e. The summed E-state index contributed by atoms with van der Waals surface area (Å²) in [6.07, 6.45) is 1.71. The van der Waals surface area contributed by atoms with E-state index in [-0.39, 0.29) is 0 Å². The van der Waals surface area contributed by atoms with Crippen molar-refractivity contribution in [2.45, 2.75) is 26.9 Å². The van der Waals surface area contributed by atoms with Crippen LogP contribution in [0.2, 0.25) is 0 Å². The second-order valence-corrected chi connectivity index (χ2v) is 7.95. The Balaban J connectivity index is 1.70. The van der Waals surface area contributed by atoms with Crippen molar-refractivity contribution >= 4 is 27.4 Å². The number of hydrogen-bond donors (Lipinski definition) is 0. The van der Waals surface area contributed by atoms with Gasteiger partial charge in [0, 0.05) is 25.0 Å². The zero-order valence-electron chi connectivity index (χ0n) is 15.5. The van der Waals surface area contributed by atoms with Gasteiger partial charge in [-0.15, -0.1) is 11.3 Å². The molecule has 4 rings (SSSR count). The largest absolute Gasteiger partial charge is 0.467 e. The minimum Gasteiger partial charge on any atom is -0.467 e. The second-order valence-electron chi connectivity index (χ2n) is 6.75. The fourth-order valence-corrected chi connectivity index (χ4v) is 4.33. The monoisotopic (exact) mass is 372 g/mol. The van der Waals surface area contributed by atoms with E-state index in [9.17, 15) is 0 Å². The molecule has 3 aromatic rings. The first-order valence-electron chi connectivity index (χ1n) is 8.92. The number of ether oxygens (including phenoxy) is 1. The number of aromatic nitrogens is 2. The van der Waals surface area contributed by atoms with Gasteiger partial charge in [0.2, 0.25) is 0 Å². The summed E-state index contributed by atoms with van der Waals surface area (Å²) in [6, 6.07) is 3.91. The summed E-state index contributed by atoms with van der Waals surface area (Å²) in [5.74, 6) is 2.79. The molecular weight excluding hydrogens is 348 g/mol. The van der Waals surface area contributed by atoms with Gasteiger partial charge in [0.25, 0.3) is 0 Å². The van der Waals surface area contributed by atoms with Crippen LogP contribution in [0, 0.1) is 13.8 Å². The van der Waals surface area contributed by atoms with E-state index in [4.69, 9.17) is 19.1 Å². The van der Waals surface area contributed by atoms with E-state index in [1.807, 2.05) is 12.1 Å². The van der Waals surface area contributed by atoms with E-state index in [0.717, 1.165) is 60.5 Å². The molecule has 1 aliphatic heterocycles. The molecule has 0 N–H and O–H groups in total. The zero-order valence-corrected chi connectivity index (χ0v) is 16.3. The van der Waals surface area contributed by atoms with Crippen molar-refractivity contribution in [3.8, 4) is 0 Å². The molecule has 4 heterocycles. The van der Waals surface area contributed by atoms with Crippen LogP contribution in [0.4, 0.5) is 5.82 Å². The molecule has 26 heavy (non-hydrogen) atoms. The maximum absolute atomic E-state index is 5.52. The molecule has 0 atom stereocenters. The summed E-state index contributed by atoms with van der Waals surface area (Å²) in [5, 5.41) is 1.16. The SMILES string of the molecule is Cc1sc2nc(CN3CCOCC3)nc(N(C)Cc3ccco3)c2c1C. The van der Waals surface area contributed by atoms with Gasteiger partial charge < -0.3 is 14.1 Å². The van der Waals surface area contributed by atoms with Crippen LogP contribution in [-0.4, -0.2) is 48.2 Å². The normalized spacial score (nSPS) is 15.7. The van der Waals surface area contributed by atoms with Gasteiger partial charge in [-0.05, 0) is 31.5 Å². The maximum Gasteiger partial charge on any atom is 0.146 e. The van der Waals surface area contributed by atoms with Gasteiger partial charge in [-0.25, -0.2) is 9.97 Å². The Hall–Kier alpha value is -1.96. The molecule has 138 valence electrons. The van der Waals surface area contributed by atoms with E-state index < -0.39 is 0 Å². The van der Waals surface area contributed by atoms with Crippen molar-refractivity contribution in [2.24, 2.45) is 0 Å². The Morgan fingerprint density at radius 2 is 2.04 bits per heavy atom. The third-order valence-electron chi connectivity index (χ3n) is 4.86. The summed E-state index contributed by atoms with van der Waals surface area (Å²) in [7, 11) is 2.06. The van der Waals surface area contributed by atoms with E-state index >= 15 is 0 Å². The zero-order chi connectivity index (χ0) is 18.1. The number of anilines is 1. The molecule has 6 nitrogen and oxygen atoms in total. The van der Waals surface area contributed by atoms with Crippen molar-refractivity contribution in [1.82, 2.24) is 14.9 Å². The van der Waals surface area contributed by atoms with E-state index in [1.54, 1.807) is 17.6 Å². The Kier molecular flexibility index (Phi) is 4.93. The van der Waals surface area contributed by atoms with Gasteiger partial charge >= 0.3 is 0 Å². The molecule has 1 saturated heterocycles. The van der Waals surface area contributed by atoms with Crippen LogP contribution in [0.5, 0.6) is 0 Å². The summed E-state index contributed by atoms with van der Waals surface area (Å²) < 4.78 is 11.0. The standard InChI is InChI=1S/C19H24N4O2S/c1-13-14(2)26-19-17(13)18(22(3)11-15-5-4-8-25-15)20-16(21-19)12-23-6-9-24-10-7-23/h4-5,8H,6-7,9-12H2,1-3H3. The first-order chi connectivity index (χ1) is 12.6. The molecule has 0 bridgehead atoms. The average Bonchev–Trinajstić information content (AvgIpc) is 3.24. The summed E-state index contributed by atoms with van der Waals surface area (Å²) in [5.41, 5.74) is 1.27. The Bertz CT molecular complexity index is 885. The summed E-state index contributed by atoms with van der Waals surface area (Å²) >= 11 is 1.75. The van der Waals surface area contributed by atoms with Crippen LogP contribution in [0.15, 0.2) is 22.8 Å². The maximum atomic E-state index is 5.52. The van der Waals surface area contributed by atoms with Gasteiger partial charge in [-0.3, -0.25) is 4.90 Å². The van der Waals surface area contributed by atoms with Crippen LogP contribution in [0.3, 0.4) is 0 Å². The lowest BCUT2D eigenvalue weighted by atomic mass is 10.2. The molecular formula is C19H24N4O2S. The molecule has 0 spiro atoms. The van der Waals surface area contributed by atoms with Crippen LogP contribution in [0.1, 0.15) is 22.0 Å². The van der Waals surface area contributed by atoms with E-state index in [2.05, 4.69) is 30.7 Å². The highest BCUT2D eigenvalue weighted by molar-refractivity contribution is 7.18. The minimum absolute atomic E-state index is 0.685. The molecule has 0 unspecified atom stereocenters. The fraction of sp³-hybridized carbons (Fsp3) is 0.474. The highest BCUT2D eigenvalue weighted by Gasteiger charge is 2.20. The number of thiophene rings is 1. The number of rotatable bonds is 5. The fourth-order valence-electron chi connectivity index (χ4n) is 3.29. The van der Waals surface area contributed by atoms with Crippen LogP contribution in [-0.2, 0) is 17.8 Å². The van der Waals surface area contributed by atoms with Crippen molar-refractivity contribution in [3.05, 3.63) is 40.4 Å². The van der Waals surface area contributed by atoms with Crippen LogP contribution >= 0.6 is 11.3 Å². The summed E-state index contributed by atoms with van der Waals surface area (Å²) in [6.45, 7) is 9.18. The Morgan fingerprint density at radius 1 is 1.23 bits per heavy atom. The molecule has 0 aromatic carbocycles. The quantitative estimate of drug-likeness (QED) is 0.684. The lowest BCUT2D eigenvalue weighted by Crippen LogP contribution is -2.36. The lowest BCUT2D eigenvalue weighted by Gasteiger charge is -2.26. The molecule has 0 aliphatic carbocycles. The van der Waals surface area contributed by atoms with E-state index in [0.29, 0.717) is 6.54 Å². The van der Waals surface area contributed by atoms with Gasteiger partial charge in [0.05, 0.1) is 38.0 Å². The third kappa shape index (κ3) is 3.47. The molecule has 0 radical (unpaired) electrons. The average molecular weight is 372 g/mol. The van der Waals surface area contributed by atoms with Crippen LogP contribution in [0.25, 0.3) is 10.2 Å². The third-order valence-corrected chi connectivity index (χ3v) is 5.96. The molecule has 1 fully saturated rings. The highest BCUT2D eigenvalue weighted by atomic mass is 32.1. The van der Waals surface area contributed by atoms with Crippen molar-refractivity contribution in [2.75, 3.05) is 38.3 Å². The lowest BCUT2D eigenvalue weighted by molar-refractivity contribution is 0.0331. The topological polar surface area (TPSA) is 54.6 Å². The van der Waals surface area contributed by atoms with Gasteiger partial charge in [0.1, 0.15) is 22.2 Å². The molecule has 3 aromatic heterocycles. The predicted molar refractivity (Wildman–Crippen MR) is 104 cm³/mol. The highest BCUT2D eigenvalue weighted by Crippen LogP contribution is 2.35. The predicted octanol–water partition coefficient (Wildman–Crippen LogP) is 3.37. The Labute approximate surface area is 157 Å². The van der Waals surface area contributed by atoms with E-state index in [1.165, 1.54) is 10.4 Å². The number of furan rings is 1. The minimum atomic E-state index is 0.685. The Morgan fingerprint density at radius 3 is 2.77 bits per heavy atom. The number of hydrogen-bond acceptors (Lipinski definition) is 7. The molecule has 0 amide bonds.